The number of hydrogen-bond donors (Lipinski definition) is 0. The molecule has 52 heavy (non-hydrogen) atoms. The van der Waals surface area contributed by atoms with Gasteiger partial charge in [-0.1, -0.05) is 13.3 Å². The molecule has 5 heterocycles. The van der Waals surface area contributed by atoms with Crippen molar-refractivity contribution < 1.29 is 28.5 Å². The van der Waals surface area contributed by atoms with E-state index in [2.05, 4.69) is 21.7 Å². The predicted molar refractivity (Wildman–Crippen MR) is 202 cm³/mol. The first-order valence-corrected chi connectivity index (χ1v) is 19.4. The molecule has 1 unspecified atom stereocenters. The predicted octanol–water partition coefficient (Wildman–Crippen LogP) is 6.11. The van der Waals surface area contributed by atoms with Gasteiger partial charge in [0.2, 0.25) is 0 Å². The number of aliphatic imine (C=N–C) groups is 2. The molecule has 3 fully saturated rings. The molecule has 0 spiro atoms. The Labute approximate surface area is 307 Å². The lowest BCUT2D eigenvalue weighted by atomic mass is 10.1. The largest absolute Gasteiger partial charge is 0.493 e. The van der Waals surface area contributed by atoms with Gasteiger partial charge in [0.25, 0.3) is 11.8 Å². The number of rotatable bonds is 15. The average molecular weight is 715 g/mol. The molecule has 0 saturated carbocycles. The quantitative estimate of drug-likeness (QED) is 0.204. The number of piperazine rings is 1. The van der Waals surface area contributed by atoms with Gasteiger partial charge < -0.3 is 33.6 Å². The molecule has 2 aromatic rings. The Balaban J connectivity index is 0.884. The van der Waals surface area contributed by atoms with Crippen LogP contribution in [0.4, 0.5) is 11.4 Å². The second-order valence-corrected chi connectivity index (χ2v) is 14.5. The number of hydrogen-bond acceptors (Lipinski definition) is 10. The molecule has 2 aromatic carbocycles. The van der Waals surface area contributed by atoms with Crippen LogP contribution in [-0.2, 0) is 0 Å². The fourth-order valence-electron chi connectivity index (χ4n) is 8.13. The van der Waals surface area contributed by atoms with Crippen LogP contribution in [0.2, 0.25) is 0 Å². The SMILES string of the molecule is CCCCC(Oc1cc2c(cc1OC)C(=O)N1CCC[C@H]1C=N2)N1CCN(CCCCCOc2cc3c(cc2OC)C(=O)N2CCC[C@H]2C=N3)CC1. The third-order valence-corrected chi connectivity index (χ3v) is 11.2. The number of amides is 2. The molecule has 280 valence electrons. The molecule has 5 aliphatic heterocycles. The van der Waals surface area contributed by atoms with Gasteiger partial charge in [0.05, 0.1) is 55.4 Å². The van der Waals surface area contributed by atoms with Gasteiger partial charge in [-0.2, -0.15) is 0 Å². The van der Waals surface area contributed by atoms with Crippen molar-refractivity contribution in [3.63, 3.8) is 0 Å². The van der Waals surface area contributed by atoms with E-state index in [0.29, 0.717) is 52.1 Å². The van der Waals surface area contributed by atoms with E-state index < -0.39 is 0 Å². The zero-order valence-electron chi connectivity index (χ0n) is 31.1. The highest BCUT2D eigenvalue weighted by Gasteiger charge is 2.34. The molecule has 0 aliphatic carbocycles. The molecule has 12 heteroatoms. The summed E-state index contributed by atoms with van der Waals surface area (Å²) in [5, 5.41) is 0. The molecule has 0 radical (unpaired) electrons. The van der Waals surface area contributed by atoms with Crippen LogP contribution in [0.3, 0.4) is 0 Å². The first-order chi connectivity index (χ1) is 25.5. The van der Waals surface area contributed by atoms with Gasteiger partial charge in [0.15, 0.2) is 29.2 Å². The van der Waals surface area contributed by atoms with Crippen LogP contribution < -0.4 is 18.9 Å². The summed E-state index contributed by atoms with van der Waals surface area (Å²) in [6, 6.07) is 7.48. The van der Waals surface area contributed by atoms with Gasteiger partial charge >= 0.3 is 0 Å². The van der Waals surface area contributed by atoms with Crippen molar-refractivity contribution in [1.29, 1.82) is 0 Å². The van der Waals surface area contributed by atoms with Gasteiger partial charge in [-0.15, -0.1) is 0 Å². The number of carbonyl (C=O) groups is 2. The number of unbranched alkanes of at least 4 members (excludes halogenated alkanes) is 3. The monoisotopic (exact) mass is 714 g/mol. The fourth-order valence-corrected chi connectivity index (χ4v) is 8.13. The van der Waals surface area contributed by atoms with Crippen molar-refractivity contribution in [3.05, 3.63) is 35.4 Å². The van der Waals surface area contributed by atoms with Crippen molar-refractivity contribution in [1.82, 2.24) is 19.6 Å². The van der Waals surface area contributed by atoms with Gasteiger partial charge in [-0.3, -0.25) is 24.5 Å². The lowest BCUT2D eigenvalue weighted by molar-refractivity contribution is -0.0152. The van der Waals surface area contributed by atoms with Crippen LogP contribution in [0, 0.1) is 0 Å². The van der Waals surface area contributed by atoms with E-state index in [1.54, 1.807) is 20.3 Å². The molecule has 0 N–H and O–H groups in total. The molecule has 7 rings (SSSR count). The third-order valence-electron chi connectivity index (χ3n) is 11.2. The fraction of sp³-hybridized carbons (Fsp3) is 0.600. The van der Waals surface area contributed by atoms with E-state index in [-0.39, 0.29) is 30.1 Å². The topological polar surface area (TPSA) is 109 Å². The Morgan fingerprint density at radius 2 is 1.31 bits per heavy atom. The smallest absolute Gasteiger partial charge is 0.256 e. The van der Waals surface area contributed by atoms with E-state index in [1.165, 1.54) is 0 Å². The summed E-state index contributed by atoms with van der Waals surface area (Å²) in [5.41, 5.74) is 2.47. The van der Waals surface area contributed by atoms with Gasteiger partial charge in [-0.25, -0.2) is 0 Å². The van der Waals surface area contributed by atoms with Gasteiger partial charge in [0, 0.05) is 63.8 Å². The second-order valence-electron chi connectivity index (χ2n) is 14.5. The van der Waals surface area contributed by atoms with E-state index in [1.807, 2.05) is 40.4 Å². The van der Waals surface area contributed by atoms with Crippen LogP contribution in [0.1, 0.15) is 91.8 Å². The highest BCUT2D eigenvalue weighted by Crippen LogP contribution is 2.40. The van der Waals surface area contributed by atoms with Crippen LogP contribution >= 0.6 is 0 Å². The highest BCUT2D eigenvalue weighted by atomic mass is 16.5. The van der Waals surface area contributed by atoms with E-state index in [0.717, 1.165) is 110 Å². The van der Waals surface area contributed by atoms with Crippen molar-refractivity contribution in [2.24, 2.45) is 9.98 Å². The Morgan fingerprint density at radius 3 is 1.90 bits per heavy atom. The summed E-state index contributed by atoms with van der Waals surface area (Å²) in [5.74, 6) is 2.46. The second kappa shape index (κ2) is 16.7. The van der Waals surface area contributed by atoms with Crippen molar-refractivity contribution in [3.8, 4) is 23.0 Å². The van der Waals surface area contributed by atoms with Gasteiger partial charge in [0.1, 0.15) is 0 Å². The number of carbonyl (C=O) groups excluding carboxylic acids is 2. The molecule has 0 aromatic heterocycles. The van der Waals surface area contributed by atoms with E-state index in [9.17, 15) is 9.59 Å². The number of benzene rings is 2. The summed E-state index contributed by atoms with van der Waals surface area (Å²) in [7, 11) is 3.25. The number of methoxy groups -OCH3 is 2. The standard InChI is InChI=1S/C40H54N6O6/c1-4-5-13-38(52-37-25-33-31(23-35(37)50-3)40(48)46-16-10-12-29(46)27-42-33)44-19-17-43(18-20-44)14-7-6-8-21-51-36-24-32-30(22-34(36)49-2)39(47)45-15-9-11-28(45)26-41-32/h22-29,38H,4-21H2,1-3H3/t28-,29-,38?/m0/s1. The summed E-state index contributed by atoms with van der Waals surface area (Å²) in [6.07, 6.45) is 13.8. The van der Waals surface area contributed by atoms with E-state index in [4.69, 9.17) is 23.9 Å². The maximum absolute atomic E-state index is 13.3. The average Bonchev–Trinajstić information content (AvgIpc) is 3.80. The Kier molecular flexibility index (Phi) is 11.6. The molecule has 5 aliphatic rings. The van der Waals surface area contributed by atoms with Crippen molar-refractivity contribution >= 4 is 35.6 Å². The van der Waals surface area contributed by atoms with Gasteiger partial charge in [-0.05, 0) is 76.5 Å². The molecule has 3 saturated heterocycles. The van der Waals surface area contributed by atoms with Crippen molar-refractivity contribution in [2.45, 2.75) is 89.4 Å². The minimum Gasteiger partial charge on any atom is -0.493 e. The Morgan fingerprint density at radius 1 is 0.712 bits per heavy atom. The first kappa shape index (κ1) is 36.2. The third kappa shape index (κ3) is 7.78. The molecule has 0 bridgehead atoms. The lowest BCUT2D eigenvalue weighted by Crippen LogP contribution is -2.52. The molecular formula is C40H54N6O6. The molecule has 12 nitrogen and oxygen atoms in total. The zero-order chi connectivity index (χ0) is 36.0. The Bertz CT molecular complexity index is 1660. The normalized spacial score (nSPS) is 22.0. The minimum absolute atomic E-state index is 0.0175. The zero-order valence-corrected chi connectivity index (χ0v) is 31.1. The molecule has 3 atom stereocenters. The van der Waals surface area contributed by atoms with Crippen LogP contribution in [0.25, 0.3) is 0 Å². The van der Waals surface area contributed by atoms with Crippen LogP contribution in [0.15, 0.2) is 34.3 Å². The van der Waals surface area contributed by atoms with Crippen molar-refractivity contribution in [2.75, 3.05) is 66.6 Å². The number of nitrogens with zero attached hydrogens (tertiary/aromatic N) is 6. The first-order valence-electron chi connectivity index (χ1n) is 19.4. The highest BCUT2D eigenvalue weighted by molar-refractivity contribution is 6.04. The molecular weight excluding hydrogens is 660 g/mol. The lowest BCUT2D eigenvalue weighted by Gasteiger charge is -2.39. The number of ether oxygens (including phenoxy) is 4. The summed E-state index contributed by atoms with van der Waals surface area (Å²) in [4.78, 5) is 44.7. The molecule has 2 amide bonds. The summed E-state index contributed by atoms with van der Waals surface area (Å²) >= 11 is 0. The summed E-state index contributed by atoms with van der Waals surface area (Å²) in [6.45, 7) is 9.21. The number of fused-ring (bicyclic) bond motifs is 4. The van der Waals surface area contributed by atoms with Crippen LogP contribution in [0.5, 0.6) is 23.0 Å². The Hall–Kier alpha value is -4.16. The van der Waals surface area contributed by atoms with Crippen LogP contribution in [-0.4, -0.2) is 129 Å². The maximum atomic E-state index is 13.3. The maximum Gasteiger partial charge on any atom is 0.256 e. The minimum atomic E-state index is -0.0780. The van der Waals surface area contributed by atoms with E-state index >= 15 is 0 Å². The summed E-state index contributed by atoms with van der Waals surface area (Å²) < 4.78 is 24.3.